The number of methoxy groups -OCH3 is 1. The second kappa shape index (κ2) is 14.4. The molecule has 10 heteroatoms. The fraction of sp³-hybridized carbons (Fsp3) is 0.276. The molecule has 0 saturated carbocycles. The molecule has 0 radical (unpaired) electrons. The lowest BCUT2D eigenvalue weighted by molar-refractivity contribution is -0.124. The van der Waals surface area contributed by atoms with E-state index >= 15 is 0 Å². The molecule has 204 valence electrons. The Morgan fingerprint density at radius 1 is 1.05 bits per heavy atom. The van der Waals surface area contributed by atoms with E-state index in [4.69, 9.17) is 15.2 Å². The van der Waals surface area contributed by atoms with E-state index in [0.717, 1.165) is 34.3 Å². The third-order valence-corrected chi connectivity index (χ3v) is 5.48. The highest BCUT2D eigenvalue weighted by Gasteiger charge is 2.13. The molecule has 2 aromatic heterocycles. The maximum absolute atomic E-state index is 12.2. The molecule has 0 saturated heterocycles. The first-order valence-electron chi connectivity index (χ1n) is 12.8. The van der Waals surface area contributed by atoms with Gasteiger partial charge < -0.3 is 25.8 Å². The summed E-state index contributed by atoms with van der Waals surface area (Å²) in [5, 5.41) is 6.99. The van der Waals surface area contributed by atoms with Crippen molar-refractivity contribution in [3.05, 3.63) is 66.6 Å². The van der Waals surface area contributed by atoms with Gasteiger partial charge >= 0.3 is 0 Å². The smallest absolute Gasteiger partial charge is 0.253 e. The first-order chi connectivity index (χ1) is 18.9. The number of fused-ring (bicyclic) bond motifs is 1. The Hall–Kier alpha value is -4.57. The van der Waals surface area contributed by atoms with Crippen LogP contribution in [0.25, 0.3) is 10.9 Å². The van der Waals surface area contributed by atoms with E-state index in [1.807, 2.05) is 30.3 Å². The molecule has 4 N–H and O–H groups in total. The summed E-state index contributed by atoms with van der Waals surface area (Å²) in [6.07, 6.45) is 5.75. The quantitative estimate of drug-likeness (QED) is 0.174. The maximum atomic E-state index is 12.2. The molecule has 0 spiro atoms. The lowest BCUT2D eigenvalue weighted by atomic mass is 10.1. The molecule has 10 nitrogen and oxygen atoms in total. The first kappa shape index (κ1) is 29.0. The van der Waals surface area contributed by atoms with E-state index in [-0.39, 0.29) is 5.91 Å². The van der Waals surface area contributed by atoms with Crippen LogP contribution in [-0.4, -0.2) is 40.4 Å². The van der Waals surface area contributed by atoms with E-state index in [9.17, 15) is 4.79 Å². The average molecular weight is 530 g/mol. The van der Waals surface area contributed by atoms with Crippen LogP contribution in [0, 0.1) is 0 Å². The number of nitrogens with zero attached hydrogens (tertiary/aromatic N) is 4. The van der Waals surface area contributed by atoms with Crippen molar-refractivity contribution >= 4 is 46.2 Å². The number of rotatable bonds is 9. The summed E-state index contributed by atoms with van der Waals surface area (Å²) in [4.78, 5) is 29.1. The summed E-state index contributed by atoms with van der Waals surface area (Å²) < 4.78 is 11.2. The standard InChI is InChI=1S/C26H27N7O3.C3H8/c1-4-17-11-18(6-8-23(17)36-20-9-10-28-24(13-20)29-14-27)32-25-21-12-19(33-26(34)16(2)35-3)5-7-22(21)30-15-31-25;1-3-2/h5-16H,4H2,1-3H3,(H,33,34)(H2,27,28,29)(H,30,31,32);3H2,1-2H3. The number of amides is 1. The third-order valence-electron chi connectivity index (χ3n) is 5.48. The van der Waals surface area contributed by atoms with Crippen LogP contribution in [0.5, 0.6) is 11.5 Å². The fourth-order valence-electron chi connectivity index (χ4n) is 3.49. The van der Waals surface area contributed by atoms with Crippen molar-refractivity contribution in [3.63, 3.8) is 0 Å². The van der Waals surface area contributed by atoms with Crippen LogP contribution in [0.3, 0.4) is 0 Å². The number of ether oxygens (including phenoxy) is 2. The van der Waals surface area contributed by atoms with Gasteiger partial charge in [-0.3, -0.25) is 4.79 Å². The van der Waals surface area contributed by atoms with Gasteiger partial charge in [-0.2, -0.15) is 0 Å². The summed E-state index contributed by atoms with van der Waals surface area (Å²) in [5.74, 6) is 2.18. The molecule has 0 aliphatic heterocycles. The second-order valence-electron chi connectivity index (χ2n) is 8.56. The zero-order chi connectivity index (χ0) is 28.2. The Bertz CT molecular complexity index is 1430. The lowest BCUT2D eigenvalue weighted by Crippen LogP contribution is -2.26. The number of hydrogen-bond acceptors (Lipinski definition) is 8. The Kier molecular flexibility index (Phi) is 10.7. The molecular weight excluding hydrogens is 494 g/mol. The topological polar surface area (TPSA) is 137 Å². The minimum absolute atomic E-state index is 0.234. The zero-order valence-electron chi connectivity index (χ0n) is 22.9. The molecular formula is C29H35N7O3. The minimum Gasteiger partial charge on any atom is -0.457 e. The molecule has 0 fully saturated rings. The van der Waals surface area contributed by atoms with Crippen molar-refractivity contribution in [2.45, 2.75) is 46.6 Å². The highest BCUT2D eigenvalue weighted by atomic mass is 16.5. The number of carbonyl (C=O) groups excluding carboxylic acids is 1. The highest BCUT2D eigenvalue weighted by Crippen LogP contribution is 2.32. The van der Waals surface area contributed by atoms with E-state index in [1.54, 1.807) is 31.3 Å². The minimum atomic E-state index is -0.564. The van der Waals surface area contributed by atoms with Crippen molar-refractivity contribution in [1.29, 1.82) is 0 Å². The van der Waals surface area contributed by atoms with Gasteiger partial charge in [0.2, 0.25) is 0 Å². The molecule has 39 heavy (non-hydrogen) atoms. The van der Waals surface area contributed by atoms with Gasteiger partial charge in [0.05, 0.1) is 11.9 Å². The molecule has 0 bridgehead atoms. The summed E-state index contributed by atoms with van der Waals surface area (Å²) >= 11 is 0. The van der Waals surface area contributed by atoms with Gasteiger partial charge in [-0.25, -0.2) is 19.9 Å². The van der Waals surface area contributed by atoms with Crippen molar-refractivity contribution in [2.24, 2.45) is 10.7 Å². The molecule has 1 amide bonds. The number of hydrogen-bond donors (Lipinski definition) is 3. The number of anilines is 3. The fourth-order valence-corrected chi connectivity index (χ4v) is 3.49. The normalized spacial score (nSPS) is 11.5. The van der Waals surface area contributed by atoms with Crippen LogP contribution in [0.2, 0.25) is 0 Å². The van der Waals surface area contributed by atoms with Crippen LogP contribution in [0.15, 0.2) is 66.0 Å². The average Bonchev–Trinajstić information content (AvgIpc) is 2.94. The number of pyridine rings is 1. The first-order valence-corrected chi connectivity index (χ1v) is 12.8. The third kappa shape index (κ3) is 7.96. The monoisotopic (exact) mass is 529 g/mol. The molecule has 0 aliphatic rings. The molecule has 0 aliphatic carbocycles. The van der Waals surface area contributed by atoms with Crippen molar-refractivity contribution in [2.75, 3.05) is 17.7 Å². The molecule has 4 aromatic rings. The highest BCUT2D eigenvalue weighted by molar-refractivity contribution is 5.98. The summed E-state index contributed by atoms with van der Waals surface area (Å²) in [6.45, 7) is 7.99. The summed E-state index contributed by atoms with van der Waals surface area (Å²) in [5.41, 5.74) is 8.57. The van der Waals surface area contributed by atoms with Gasteiger partial charge in [0, 0.05) is 36.1 Å². The van der Waals surface area contributed by atoms with E-state index in [1.165, 1.54) is 26.2 Å². The molecule has 1 atom stereocenters. The van der Waals surface area contributed by atoms with Crippen LogP contribution in [0.4, 0.5) is 23.0 Å². The Labute approximate surface area is 228 Å². The predicted molar refractivity (Wildman–Crippen MR) is 156 cm³/mol. The molecule has 4 rings (SSSR count). The zero-order valence-corrected chi connectivity index (χ0v) is 22.9. The van der Waals surface area contributed by atoms with Gasteiger partial charge in [-0.15, -0.1) is 0 Å². The number of nitrogens with two attached hydrogens (primary N) is 1. The maximum Gasteiger partial charge on any atom is 0.253 e. The number of benzene rings is 2. The lowest BCUT2D eigenvalue weighted by Gasteiger charge is -2.14. The van der Waals surface area contributed by atoms with Crippen molar-refractivity contribution < 1.29 is 14.3 Å². The second-order valence-corrected chi connectivity index (χ2v) is 8.56. The predicted octanol–water partition coefficient (Wildman–Crippen LogP) is 6.13. The number of aromatic nitrogens is 3. The van der Waals surface area contributed by atoms with Crippen molar-refractivity contribution in [1.82, 2.24) is 15.0 Å². The van der Waals surface area contributed by atoms with Crippen LogP contribution in [-0.2, 0) is 16.0 Å². The largest absolute Gasteiger partial charge is 0.457 e. The van der Waals surface area contributed by atoms with Gasteiger partial charge in [0.15, 0.2) is 5.82 Å². The van der Waals surface area contributed by atoms with Gasteiger partial charge in [0.1, 0.15) is 29.7 Å². The summed E-state index contributed by atoms with van der Waals surface area (Å²) in [6, 6.07) is 14.8. The van der Waals surface area contributed by atoms with E-state index in [2.05, 4.69) is 51.3 Å². The Morgan fingerprint density at radius 2 is 1.82 bits per heavy atom. The van der Waals surface area contributed by atoms with Gasteiger partial charge in [0.25, 0.3) is 5.91 Å². The number of aliphatic imine (C=N–C) groups is 1. The van der Waals surface area contributed by atoms with Gasteiger partial charge in [-0.05, 0) is 61.4 Å². The molecule has 2 aromatic carbocycles. The summed E-state index contributed by atoms with van der Waals surface area (Å²) in [7, 11) is 1.49. The van der Waals surface area contributed by atoms with Crippen LogP contribution >= 0.6 is 0 Å². The SMILES string of the molecule is CCC.CCc1cc(Nc2ncnc3ccc(NC(=O)C(C)OC)cc23)ccc1Oc1ccnc(N=CN)c1. The van der Waals surface area contributed by atoms with Gasteiger partial charge in [-0.1, -0.05) is 27.2 Å². The van der Waals surface area contributed by atoms with E-state index < -0.39 is 6.10 Å². The van der Waals surface area contributed by atoms with Crippen LogP contribution < -0.4 is 21.1 Å². The molecule has 1 unspecified atom stereocenters. The molecule has 2 heterocycles. The van der Waals surface area contributed by atoms with E-state index in [0.29, 0.717) is 23.1 Å². The van der Waals surface area contributed by atoms with Crippen molar-refractivity contribution in [3.8, 4) is 11.5 Å². The number of nitrogens with one attached hydrogen (secondary N) is 2. The Morgan fingerprint density at radius 3 is 2.54 bits per heavy atom. The number of carbonyl (C=O) groups is 1. The van der Waals surface area contributed by atoms with Crippen LogP contribution in [0.1, 0.15) is 39.7 Å². The number of aryl methyl sites for hydroxylation is 1. The Balaban J connectivity index is 0.00000134.